The third kappa shape index (κ3) is 1.20. The molecule has 0 saturated heterocycles. The molecular formula is C10H12O3. The van der Waals surface area contributed by atoms with E-state index in [1.807, 2.05) is 0 Å². The standard InChI is InChI=1S/C10H12O3/c1-12-10(5-3-6-10)9(11)8-4-2-7-13-8/h2,4,7H,3,5-6H2,1H3. The predicted molar refractivity (Wildman–Crippen MR) is 46.6 cm³/mol. The molecule has 0 bridgehead atoms. The van der Waals surface area contributed by atoms with Gasteiger partial charge in [0.1, 0.15) is 5.60 Å². The molecule has 1 fully saturated rings. The van der Waals surface area contributed by atoms with Gasteiger partial charge in [-0.15, -0.1) is 0 Å². The highest BCUT2D eigenvalue weighted by Gasteiger charge is 2.45. The molecule has 1 aliphatic rings. The average Bonchev–Trinajstić information content (AvgIpc) is 2.54. The summed E-state index contributed by atoms with van der Waals surface area (Å²) in [7, 11) is 1.58. The molecule has 0 radical (unpaired) electrons. The fourth-order valence-electron chi connectivity index (χ4n) is 1.65. The minimum absolute atomic E-state index is 0.0220. The van der Waals surface area contributed by atoms with Crippen LogP contribution < -0.4 is 0 Å². The summed E-state index contributed by atoms with van der Waals surface area (Å²) in [6, 6.07) is 3.40. The first-order valence-electron chi connectivity index (χ1n) is 4.42. The fraction of sp³-hybridized carbons (Fsp3) is 0.500. The van der Waals surface area contributed by atoms with Gasteiger partial charge in [-0.05, 0) is 31.4 Å². The smallest absolute Gasteiger partial charge is 0.229 e. The van der Waals surface area contributed by atoms with Crippen LogP contribution in [0.3, 0.4) is 0 Å². The van der Waals surface area contributed by atoms with Crippen LogP contribution in [-0.4, -0.2) is 18.5 Å². The van der Waals surface area contributed by atoms with Gasteiger partial charge in [0, 0.05) is 7.11 Å². The Morgan fingerprint density at radius 2 is 2.38 bits per heavy atom. The van der Waals surface area contributed by atoms with Crippen molar-refractivity contribution >= 4 is 5.78 Å². The number of methoxy groups -OCH3 is 1. The van der Waals surface area contributed by atoms with E-state index in [9.17, 15) is 4.79 Å². The monoisotopic (exact) mass is 180 g/mol. The first-order chi connectivity index (χ1) is 6.28. The van der Waals surface area contributed by atoms with Crippen LogP contribution in [0.1, 0.15) is 29.8 Å². The molecule has 1 aromatic rings. The first-order valence-corrected chi connectivity index (χ1v) is 4.42. The summed E-state index contributed by atoms with van der Waals surface area (Å²) in [6.45, 7) is 0. The molecule has 1 aliphatic carbocycles. The van der Waals surface area contributed by atoms with Crippen LogP contribution in [0.2, 0.25) is 0 Å². The van der Waals surface area contributed by atoms with Gasteiger partial charge in [-0.25, -0.2) is 0 Å². The minimum Gasteiger partial charge on any atom is -0.461 e. The zero-order valence-corrected chi connectivity index (χ0v) is 7.58. The highest BCUT2D eigenvalue weighted by molar-refractivity contribution is 6.00. The van der Waals surface area contributed by atoms with E-state index in [0.717, 1.165) is 19.3 Å². The maximum atomic E-state index is 11.8. The predicted octanol–water partition coefficient (Wildman–Crippen LogP) is 2.03. The van der Waals surface area contributed by atoms with E-state index in [1.54, 1.807) is 19.2 Å². The summed E-state index contributed by atoms with van der Waals surface area (Å²) in [6.07, 6.45) is 4.18. The molecule has 0 spiro atoms. The molecule has 0 atom stereocenters. The van der Waals surface area contributed by atoms with Gasteiger partial charge in [-0.3, -0.25) is 4.79 Å². The molecule has 0 unspecified atom stereocenters. The molecule has 2 rings (SSSR count). The first kappa shape index (κ1) is 8.51. The molecule has 3 nitrogen and oxygen atoms in total. The largest absolute Gasteiger partial charge is 0.461 e. The molecular weight excluding hydrogens is 168 g/mol. The van der Waals surface area contributed by atoms with Gasteiger partial charge in [0.15, 0.2) is 5.76 Å². The normalized spacial score (nSPS) is 19.5. The van der Waals surface area contributed by atoms with Crippen molar-refractivity contribution in [2.24, 2.45) is 0 Å². The third-order valence-electron chi connectivity index (χ3n) is 2.71. The maximum Gasteiger partial charge on any atom is 0.229 e. The molecule has 3 heteroatoms. The van der Waals surface area contributed by atoms with E-state index in [-0.39, 0.29) is 5.78 Å². The van der Waals surface area contributed by atoms with Crippen LogP contribution in [-0.2, 0) is 4.74 Å². The number of rotatable bonds is 3. The second-order valence-corrected chi connectivity index (χ2v) is 3.36. The summed E-state index contributed by atoms with van der Waals surface area (Å²) in [4.78, 5) is 11.8. The van der Waals surface area contributed by atoms with Gasteiger partial charge in [0.05, 0.1) is 6.26 Å². The highest BCUT2D eigenvalue weighted by Crippen LogP contribution is 2.37. The summed E-state index contributed by atoms with van der Waals surface area (Å²) < 4.78 is 10.3. The minimum atomic E-state index is -0.585. The van der Waals surface area contributed by atoms with E-state index in [0.29, 0.717) is 5.76 Å². The molecule has 0 aliphatic heterocycles. The van der Waals surface area contributed by atoms with E-state index >= 15 is 0 Å². The van der Waals surface area contributed by atoms with Crippen molar-refractivity contribution in [3.8, 4) is 0 Å². The lowest BCUT2D eigenvalue weighted by molar-refractivity contribution is -0.0463. The number of carbonyl (C=O) groups is 1. The second-order valence-electron chi connectivity index (χ2n) is 3.36. The fourth-order valence-corrected chi connectivity index (χ4v) is 1.65. The lowest BCUT2D eigenvalue weighted by Crippen LogP contribution is -2.46. The van der Waals surface area contributed by atoms with E-state index < -0.39 is 5.60 Å². The van der Waals surface area contributed by atoms with Crippen molar-refractivity contribution in [2.75, 3.05) is 7.11 Å². The van der Waals surface area contributed by atoms with Gasteiger partial charge < -0.3 is 9.15 Å². The number of carbonyl (C=O) groups excluding carboxylic acids is 1. The van der Waals surface area contributed by atoms with Crippen molar-refractivity contribution in [1.82, 2.24) is 0 Å². The summed E-state index contributed by atoms with van der Waals surface area (Å²) in [5.74, 6) is 0.382. The Hall–Kier alpha value is -1.09. The Morgan fingerprint density at radius 3 is 2.77 bits per heavy atom. The number of hydrogen-bond donors (Lipinski definition) is 0. The highest BCUT2D eigenvalue weighted by atomic mass is 16.5. The zero-order chi connectivity index (χ0) is 9.31. The Kier molecular flexibility index (Phi) is 1.96. The Labute approximate surface area is 76.7 Å². The molecule has 0 aromatic carbocycles. The van der Waals surface area contributed by atoms with E-state index in [1.165, 1.54) is 6.26 Å². The number of hydrogen-bond acceptors (Lipinski definition) is 3. The van der Waals surface area contributed by atoms with Crippen molar-refractivity contribution in [3.05, 3.63) is 24.2 Å². The summed E-state index contributed by atoms with van der Waals surface area (Å²) in [5, 5.41) is 0. The van der Waals surface area contributed by atoms with Gasteiger partial charge in [0.25, 0.3) is 0 Å². The Bertz CT molecular complexity index is 290. The summed E-state index contributed by atoms with van der Waals surface area (Å²) in [5.41, 5.74) is -0.585. The molecule has 1 saturated carbocycles. The second kappa shape index (κ2) is 3.00. The van der Waals surface area contributed by atoms with Crippen molar-refractivity contribution in [3.63, 3.8) is 0 Å². The van der Waals surface area contributed by atoms with Crippen molar-refractivity contribution < 1.29 is 13.9 Å². The SMILES string of the molecule is COC1(C(=O)c2ccco2)CCC1. The zero-order valence-electron chi connectivity index (χ0n) is 7.58. The lowest BCUT2D eigenvalue weighted by atomic mass is 9.76. The van der Waals surface area contributed by atoms with E-state index in [4.69, 9.17) is 9.15 Å². The van der Waals surface area contributed by atoms with Crippen LogP contribution in [0.5, 0.6) is 0 Å². The Balaban J connectivity index is 2.21. The number of Topliss-reactive ketones (excluding diaryl/α,β-unsaturated/α-hetero) is 1. The van der Waals surface area contributed by atoms with Crippen molar-refractivity contribution in [1.29, 1.82) is 0 Å². The average molecular weight is 180 g/mol. The van der Waals surface area contributed by atoms with Crippen LogP contribution in [0.15, 0.2) is 22.8 Å². The van der Waals surface area contributed by atoms with Gasteiger partial charge in [-0.1, -0.05) is 0 Å². The Morgan fingerprint density at radius 1 is 1.62 bits per heavy atom. The molecule has 0 N–H and O–H groups in total. The molecule has 13 heavy (non-hydrogen) atoms. The number of furan rings is 1. The molecule has 0 amide bonds. The van der Waals surface area contributed by atoms with E-state index in [2.05, 4.69) is 0 Å². The van der Waals surface area contributed by atoms with Crippen LogP contribution in [0.25, 0.3) is 0 Å². The molecule has 70 valence electrons. The van der Waals surface area contributed by atoms with Gasteiger partial charge in [-0.2, -0.15) is 0 Å². The number of ketones is 1. The molecule has 1 heterocycles. The van der Waals surface area contributed by atoms with Crippen molar-refractivity contribution in [2.45, 2.75) is 24.9 Å². The van der Waals surface area contributed by atoms with Gasteiger partial charge in [0.2, 0.25) is 5.78 Å². The quantitative estimate of drug-likeness (QED) is 0.668. The topological polar surface area (TPSA) is 39.4 Å². The third-order valence-corrected chi connectivity index (χ3v) is 2.71. The maximum absolute atomic E-state index is 11.8. The number of ether oxygens (including phenoxy) is 1. The summed E-state index contributed by atoms with van der Waals surface area (Å²) >= 11 is 0. The van der Waals surface area contributed by atoms with Crippen LogP contribution in [0, 0.1) is 0 Å². The van der Waals surface area contributed by atoms with Crippen LogP contribution >= 0.6 is 0 Å². The van der Waals surface area contributed by atoms with Crippen LogP contribution in [0.4, 0.5) is 0 Å². The lowest BCUT2D eigenvalue weighted by Gasteiger charge is -2.37. The van der Waals surface area contributed by atoms with Gasteiger partial charge >= 0.3 is 0 Å². The molecule has 1 aromatic heterocycles.